The van der Waals surface area contributed by atoms with Gasteiger partial charge in [-0.3, -0.25) is 9.78 Å². The van der Waals surface area contributed by atoms with E-state index in [0.717, 1.165) is 10.0 Å². The van der Waals surface area contributed by atoms with E-state index in [9.17, 15) is 9.90 Å². The molecule has 2 rings (SSSR count). The van der Waals surface area contributed by atoms with Gasteiger partial charge in [0.2, 0.25) is 0 Å². The molecule has 0 atom stereocenters. The van der Waals surface area contributed by atoms with Gasteiger partial charge in [-0.25, -0.2) is 0 Å². The van der Waals surface area contributed by atoms with Crippen LogP contribution in [-0.4, -0.2) is 16.0 Å². The molecule has 92 valence electrons. The maximum atomic E-state index is 12.0. The Labute approximate surface area is 113 Å². The number of nitrogens with one attached hydrogen (secondary N) is 1. The molecule has 2 aromatic rings. The molecular weight excluding hydrogens is 296 g/mol. The van der Waals surface area contributed by atoms with Gasteiger partial charge in [-0.15, -0.1) is 0 Å². The molecule has 4 nitrogen and oxygen atoms in total. The number of nitrogens with zero attached hydrogens (tertiary/aromatic N) is 1. The van der Waals surface area contributed by atoms with E-state index in [1.165, 1.54) is 18.5 Å². The number of aromatic hydroxyl groups is 1. The first kappa shape index (κ1) is 12.6. The second-order valence-corrected chi connectivity index (χ2v) is 4.72. The summed E-state index contributed by atoms with van der Waals surface area (Å²) in [4.78, 5) is 15.7. The highest BCUT2D eigenvalue weighted by Gasteiger charge is 2.12. The number of hydrogen-bond donors (Lipinski definition) is 2. The minimum absolute atomic E-state index is 0.136. The fourth-order valence-electron chi connectivity index (χ4n) is 1.50. The standard InChI is InChI=1S/C13H11BrN2O2/c1-8-2-3-9(14)6-11(8)16-13(18)10-4-5-15-7-12(10)17/h2-7,17H,1H3,(H,16,18). The van der Waals surface area contributed by atoms with Crippen LogP contribution >= 0.6 is 15.9 Å². The normalized spacial score (nSPS) is 10.1. The van der Waals surface area contributed by atoms with Crippen LogP contribution in [0.1, 0.15) is 15.9 Å². The Morgan fingerprint density at radius 1 is 1.39 bits per heavy atom. The third-order valence-corrected chi connectivity index (χ3v) is 2.99. The van der Waals surface area contributed by atoms with Gasteiger partial charge in [0.25, 0.3) is 5.91 Å². The highest BCUT2D eigenvalue weighted by Crippen LogP contribution is 2.22. The summed E-state index contributed by atoms with van der Waals surface area (Å²) >= 11 is 3.35. The van der Waals surface area contributed by atoms with Gasteiger partial charge in [0.05, 0.1) is 11.8 Å². The van der Waals surface area contributed by atoms with Gasteiger partial charge in [-0.05, 0) is 30.7 Å². The molecule has 0 aliphatic heterocycles. The molecule has 5 heteroatoms. The largest absolute Gasteiger partial charge is 0.505 e. The monoisotopic (exact) mass is 306 g/mol. The quantitative estimate of drug-likeness (QED) is 0.896. The zero-order valence-electron chi connectivity index (χ0n) is 9.64. The van der Waals surface area contributed by atoms with Crippen molar-refractivity contribution >= 4 is 27.5 Å². The Hall–Kier alpha value is -1.88. The van der Waals surface area contributed by atoms with Crippen LogP contribution in [0.25, 0.3) is 0 Å². The first-order chi connectivity index (χ1) is 8.58. The average molecular weight is 307 g/mol. The molecule has 1 aromatic carbocycles. The van der Waals surface area contributed by atoms with Crippen LogP contribution in [0.3, 0.4) is 0 Å². The third-order valence-electron chi connectivity index (χ3n) is 2.49. The van der Waals surface area contributed by atoms with E-state index >= 15 is 0 Å². The van der Waals surface area contributed by atoms with Crippen molar-refractivity contribution < 1.29 is 9.90 Å². The molecular formula is C13H11BrN2O2. The van der Waals surface area contributed by atoms with Gasteiger partial charge in [-0.2, -0.15) is 0 Å². The Morgan fingerprint density at radius 3 is 2.89 bits per heavy atom. The van der Waals surface area contributed by atoms with Gasteiger partial charge in [0.1, 0.15) is 5.75 Å². The summed E-state index contributed by atoms with van der Waals surface area (Å²) in [5.41, 5.74) is 1.84. The fraction of sp³-hybridized carbons (Fsp3) is 0.0769. The summed E-state index contributed by atoms with van der Waals surface area (Å²) < 4.78 is 0.877. The zero-order valence-corrected chi connectivity index (χ0v) is 11.2. The molecule has 0 saturated carbocycles. The molecule has 0 bridgehead atoms. The zero-order chi connectivity index (χ0) is 13.1. The SMILES string of the molecule is Cc1ccc(Br)cc1NC(=O)c1ccncc1O. The lowest BCUT2D eigenvalue weighted by Crippen LogP contribution is -2.13. The van der Waals surface area contributed by atoms with Crippen LogP contribution in [0, 0.1) is 6.92 Å². The Balaban J connectivity index is 2.27. The van der Waals surface area contributed by atoms with E-state index in [-0.39, 0.29) is 17.2 Å². The lowest BCUT2D eigenvalue weighted by molar-refractivity contribution is 0.102. The van der Waals surface area contributed by atoms with E-state index < -0.39 is 0 Å². The number of halogens is 1. The second kappa shape index (κ2) is 5.18. The molecule has 1 heterocycles. The predicted molar refractivity (Wildman–Crippen MR) is 72.7 cm³/mol. The first-order valence-electron chi connectivity index (χ1n) is 5.28. The molecule has 1 aromatic heterocycles. The molecule has 2 N–H and O–H groups in total. The van der Waals surface area contributed by atoms with Crippen molar-refractivity contribution in [3.8, 4) is 5.75 Å². The van der Waals surface area contributed by atoms with Crippen molar-refractivity contribution in [2.24, 2.45) is 0 Å². The number of amides is 1. The van der Waals surface area contributed by atoms with E-state index in [1.807, 2.05) is 25.1 Å². The summed E-state index contributed by atoms with van der Waals surface area (Å²) in [6, 6.07) is 7.07. The molecule has 18 heavy (non-hydrogen) atoms. The minimum atomic E-state index is -0.365. The van der Waals surface area contributed by atoms with Crippen molar-refractivity contribution in [3.05, 3.63) is 52.3 Å². The van der Waals surface area contributed by atoms with Gasteiger partial charge >= 0.3 is 0 Å². The van der Waals surface area contributed by atoms with E-state index in [1.54, 1.807) is 0 Å². The van der Waals surface area contributed by atoms with Crippen LogP contribution in [-0.2, 0) is 0 Å². The Morgan fingerprint density at radius 2 is 2.17 bits per heavy atom. The number of carbonyl (C=O) groups excluding carboxylic acids is 1. The molecule has 0 aliphatic rings. The lowest BCUT2D eigenvalue weighted by atomic mass is 10.2. The van der Waals surface area contributed by atoms with Crippen molar-refractivity contribution in [1.82, 2.24) is 4.98 Å². The molecule has 0 radical (unpaired) electrons. The molecule has 0 spiro atoms. The van der Waals surface area contributed by atoms with Crippen LogP contribution in [0.4, 0.5) is 5.69 Å². The first-order valence-corrected chi connectivity index (χ1v) is 6.07. The Kier molecular flexibility index (Phi) is 3.62. The average Bonchev–Trinajstić information content (AvgIpc) is 2.34. The van der Waals surface area contributed by atoms with E-state index in [4.69, 9.17) is 0 Å². The summed E-state index contributed by atoms with van der Waals surface area (Å²) in [6.45, 7) is 1.90. The lowest BCUT2D eigenvalue weighted by Gasteiger charge is -2.09. The molecule has 0 unspecified atom stereocenters. The number of pyridine rings is 1. The summed E-state index contributed by atoms with van der Waals surface area (Å²) in [7, 11) is 0. The fourth-order valence-corrected chi connectivity index (χ4v) is 1.86. The van der Waals surface area contributed by atoms with Crippen molar-refractivity contribution in [3.63, 3.8) is 0 Å². The van der Waals surface area contributed by atoms with Gasteiger partial charge in [-0.1, -0.05) is 22.0 Å². The predicted octanol–water partition coefficient (Wildman–Crippen LogP) is 3.11. The molecule has 1 amide bonds. The van der Waals surface area contributed by atoms with Crippen molar-refractivity contribution in [1.29, 1.82) is 0 Å². The number of anilines is 1. The summed E-state index contributed by atoms with van der Waals surface area (Å²) in [6.07, 6.45) is 2.70. The number of aromatic nitrogens is 1. The highest BCUT2D eigenvalue weighted by atomic mass is 79.9. The molecule has 0 aliphatic carbocycles. The maximum Gasteiger partial charge on any atom is 0.259 e. The molecule has 0 saturated heterocycles. The number of benzene rings is 1. The molecule has 0 fully saturated rings. The number of carbonyl (C=O) groups is 1. The van der Waals surface area contributed by atoms with Gasteiger partial charge in [0, 0.05) is 16.4 Å². The number of aryl methyl sites for hydroxylation is 1. The number of hydrogen-bond acceptors (Lipinski definition) is 3. The second-order valence-electron chi connectivity index (χ2n) is 3.81. The summed E-state index contributed by atoms with van der Waals surface area (Å²) in [5.74, 6) is -0.501. The Bertz CT molecular complexity index is 599. The van der Waals surface area contributed by atoms with Crippen LogP contribution < -0.4 is 5.32 Å². The third kappa shape index (κ3) is 2.68. The van der Waals surface area contributed by atoms with Gasteiger partial charge < -0.3 is 10.4 Å². The maximum absolute atomic E-state index is 12.0. The van der Waals surface area contributed by atoms with Crippen LogP contribution in [0.2, 0.25) is 0 Å². The highest BCUT2D eigenvalue weighted by molar-refractivity contribution is 9.10. The van der Waals surface area contributed by atoms with E-state index in [0.29, 0.717) is 5.69 Å². The van der Waals surface area contributed by atoms with Gasteiger partial charge in [0.15, 0.2) is 0 Å². The van der Waals surface area contributed by atoms with E-state index in [2.05, 4.69) is 26.2 Å². The minimum Gasteiger partial charge on any atom is -0.505 e. The summed E-state index contributed by atoms with van der Waals surface area (Å²) in [5, 5.41) is 12.3. The smallest absolute Gasteiger partial charge is 0.259 e. The van der Waals surface area contributed by atoms with Crippen LogP contribution in [0.5, 0.6) is 5.75 Å². The topological polar surface area (TPSA) is 62.2 Å². The van der Waals surface area contributed by atoms with Crippen molar-refractivity contribution in [2.75, 3.05) is 5.32 Å². The van der Waals surface area contributed by atoms with Crippen molar-refractivity contribution in [2.45, 2.75) is 6.92 Å². The number of rotatable bonds is 2. The van der Waals surface area contributed by atoms with Crippen LogP contribution in [0.15, 0.2) is 41.1 Å².